The molecule has 0 saturated carbocycles. The Balaban J connectivity index is 1.45. The molecule has 1 aromatic heterocycles. The van der Waals surface area contributed by atoms with E-state index in [1.807, 2.05) is 30.5 Å². The van der Waals surface area contributed by atoms with Gasteiger partial charge in [-0.1, -0.05) is 36.4 Å². The number of rotatable bonds is 3. The van der Waals surface area contributed by atoms with Gasteiger partial charge in [0.25, 0.3) is 0 Å². The van der Waals surface area contributed by atoms with E-state index in [0.717, 1.165) is 36.1 Å². The van der Waals surface area contributed by atoms with Gasteiger partial charge >= 0.3 is 0 Å². The van der Waals surface area contributed by atoms with Crippen molar-refractivity contribution in [3.8, 4) is 0 Å². The molecule has 3 nitrogen and oxygen atoms in total. The van der Waals surface area contributed by atoms with E-state index >= 15 is 0 Å². The smallest absolute Gasteiger partial charge is 0.0890 e. The maximum absolute atomic E-state index is 4.66. The van der Waals surface area contributed by atoms with Crippen molar-refractivity contribution in [1.82, 2.24) is 15.3 Å². The Morgan fingerprint density at radius 1 is 0.905 bits per heavy atom. The molecule has 3 heteroatoms. The second-order valence-electron chi connectivity index (χ2n) is 5.60. The lowest BCUT2D eigenvalue weighted by molar-refractivity contribution is 0.528. The highest BCUT2D eigenvalue weighted by Gasteiger charge is 2.20. The molecule has 4 rings (SSSR count). The van der Waals surface area contributed by atoms with Crippen LogP contribution in [-0.4, -0.2) is 16.0 Å². The highest BCUT2D eigenvalue weighted by molar-refractivity contribution is 5.73. The first-order valence-corrected chi connectivity index (χ1v) is 7.39. The number of hydrogen-bond donors (Lipinski definition) is 1. The molecule has 0 amide bonds. The van der Waals surface area contributed by atoms with Crippen LogP contribution in [0.25, 0.3) is 11.0 Å². The van der Waals surface area contributed by atoms with Gasteiger partial charge < -0.3 is 5.32 Å². The van der Waals surface area contributed by atoms with Crippen molar-refractivity contribution in [2.75, 3.05) is 0 Å². The fourth-order valence-electron chi connectivity index (χ4n) is 3.03. The number of nitrogens with zero attached hydrogens (tertiary/aromatic N) is 2. The molecule has 2 aromatic carbocycles. The Morgan fingerprint density at radius 2 is 1.57 bits per heavy atom. The monoisotopic (exact) mass is 275 g/mol. The molecule has 3 aromatic rings. The van der Waals surface area contributed by atoms with Gasteiger partial charge in [-0.05, 0) is 36.1 Å². The minimum atomic E-state index is 0.510. The SMILES string of the molecule is c1ccc2c(c1)CC(NCc1cnc3ccccc3n1)C2. The molecular formula is C18H17N3. The van der Waals surface area contributed by atoms with Crippen molar-refractivity contribution in [2.45, 2.75) is 25.4 Å². The average Bonchev–Trinajstić information content (AvgIpc) is 2.95. The van der Waals surface area contributed by atoms with Crippen LogP contribution in [0.5, 0.6) is 0 Å². The zero-order chi connectivity index (χ0) is 14.1. The maximum Gasteiger partial charge on any atom is 0.0890 e. The van der Waals surface area contributed by atoms with Gasteiger partial charge in [0.1, 0.15) is 0 Å². The summed E-state index contributed by atoms with van der Waals surface area (Å²) in [5, 5.41) is 3.61. The van der Waals surface area contributed by atoms with Gasteiger partial charge in [-0.25, -0.2) is 4.98 Å². The molecule has 1 aliphatic rings. The number of para-hydroxylation sites is 2. The normalized spacial score (nSPS) is 14.5. The molecule has 0 spiro atoms. The molecule has 0 atom stereocenters. The largest absolute Gasteiger partial charge is 0.308 e. The summed E-state index contributed by atoms with van der Waals surface area (Å²) in [6.45, 7) is 0.774. The highest BCUT2D eigenvalue weighted by atomic mass is 14.9. The highest BCUT2D eigenvalue weighted by Crippen LogP contribution is 2.21. The van der Waals surface area contributed by atoms with E-state index < -0.39 is 0 Å². The molecule has 21 heavy (non-hydrogen) atoms. The number of nitrogens with one attached hydrogen (secondary N) is 1. The van der Waals surface area contributed by atoms with Crippen LogP contribution in [0.15, 0.2) is 54.7 Å². The second-order valence-corrected chi connectivity index (χ2v) is 5.60. The van der Waals surface area contributed by atoms with Crippen LogP contribution < -0.4 is 5.32 Å². The van der Waals surface area contributed by atoms with E-state index in [1.54, 1.807) is 0 Å². The Kier molecular flexibility index (Phi) is 3.13. The fraction of sp³-hybridized carbons (Fsp3) is 0.222. The van der Waals surface area contributed by atoms with Gasteiger partial charge in [-0.2, -0.15) is 0 Å². The molecule has 104 valence electrons. The zero-order valence-electron chi connectivity index (χ0n) is 11.8. The van der Waals surface area contributed by atoms with Crippen molar-refractivity contribution in [3.63, 3.8) is 0 Å². The summed E-state index contributed by atoms with van der Waals surface area (Å²) < 4.78 is 0. The average molecular weight is 275 g/mol. The third-order valence-electron chi connectivity index (χ3n) is 4.12. The van der Waals surface area contributed by atoms with Crippen LogP contribution in [0.1, 0.15) is 16.8 Å². The van der Waals surface area contributed by atoms with E-state index in [2.05, 4.69) is 39.6 Å². The summed E-state index contributed by atoms with van der Waals surface area (Å²) in [4.78, 5) is 9.12. The van der Waals surface area contributed by atoms with Gasteiger partial charge in [-0.3, -0.25) is 4.98 Å². The van der Waals surface area contributed by atoms with Crippen molar-refractivity contribution in [3.05, 3.63) is 71.5 Å². The minimum Gasteiger partial charge on any atom is -0.308 e. The Bertz CT molecular complexity index is 757. The van der Waals surface area contributed by atoms with E-state index in [-0.39, 0.29) is 0 Å². The molecule has 1 N–H and O–H groups in total. The number of aromatic nitrogens is 2. The predicted octanol–water partition coefficient (Wildman–Crippen LogP) is 2.89. The van der Waals surface area contributed by atoms with E-state index in [0.29, 0.717) is 6.04 Å². The summed E-state index contributed by atoms with van der Waals surface area (Å²) in [5.74, 6) is 0. The molecule has 0 aliphatic heterocycles. The number of benzene rings is 2. The van der Waals surface area contributed by atoms with Crippen molar-refractivity contribution in [2.24, 2.45) is 0 Å². The van der Waals surface area contributed by atoms with Gasteiger partial charge in [0, 0.05) is 12.6 Å². The molecule has 1 aliphatic carbocycles. The fourth-order valence-corrected chi connectivity index (χ4v) is 3.03. The lowest BCUT2D eigenvalue weighted by atomic mass is 10.1. The van der Waals surface area contributed by atoms with Crippen LogP contribution in [0.3, 0.4) is 0 Å². The lowest BCUT2D eigenvalue weighted by Gasteiger charge is -2.11. The summed E-state index contributed by atoms with van der Waals surface area (Å²) in [6.07, 6.45) is 4.09. The topological polar surface area (TPSA) is 37.8 Å². The van der Waals surface area contributed by atoms with Crippen LogP contribution in [0.2, 0.25) is 0 Å². The quantitative estimate of drug-likeness (QED) is 0.798. The lowest BCUT2D eigenvalue weighted by Crippen LogP contribution is -2.29. The van der Waals surface area contributed by atoms with Crippen LogP contribution in [0, 0.1) is 0 Å². The predicted molar refractivity (Wildman–Crippen MR) is 84.0 cm³/mol. The Morgan fingerprint density at radius 3 is 2.33 bits per heavy atom. The number of hydrogen-bond acceptors (Lipinski definition) is 3. The molecule has 0 unspecified atom stereocenters. The summed E-state index contributed by atoms with van der Waals surface area (Å²) in [7, 11) is 0. The van der Waals surface area contributed by atoms with Gasteiger partial charge in [0.05, 0.1) is 22.9 Å². The minimum absolute atomic E-state index is 0.510. The third kappa shape index (κ3) is 2.52. The molecule has 0 saturated heterocycles. The second kappa shape index (κ2) is 5.26. The summed E-state index contributed by atoms with van der Waals surface area (Å²) in [6, 6.07) is 17.2. The van der Waals surface area contributed by atoms with Crippen molar-refractivity contribution in [1.29, 1.82) is 0 Å². The zero-order valence-corrected chi connectivity index (χ0v) is 11.8. The summed E-state index contributed by atoms with van der Waals surface area (Å²) >= 11 is 0. The third-order valence-corrected chi connectivity index (χ3v) is 4.12. The molecular weight excluding hydrogens is 258 g/mol. The van der Waals surface area contributed by atoms with Gasteiger partial charge in [0.2, 0.25) is 0 Å². The molecule has 0 radical (unpaired) electrons. The Hall–Kier alpha value is -2.26. The van der Waals surface area contributed by atoms with E-state index in [9.17, 15) is 0 Å². The first-order valence-electron chi connectivity index (χ1n) is 7.39. The first kappa shape index (κ1) is 12.5. The molecule has 0 fully saturated rings. The molecule has 1 heterocycles. The van der Waals surface area contributed by atoms with Crippen LogP contribution in [0.4, 0.5) is 0 Å². The summed E-state index contributed by atoms with van der Waals surface area (Å²) in [5.41, 5.74) is 5.87. The van der Waals surface area contributed by atoms with E-state index in [1.165, 1.54) is 11.1 Å². The molecule has 0 bridgehead atoms. The van der Waals surface area contributed by atoms with Gasteiger partial charge in [0.15, 0.2) is 0 Å². The Labute approximate surface area is 124 Å². The van der Waals surface area contributed by atoms with Crippen LogP contribution >= 0.6 is 0 Å². The standard InChI is InChI=1S/C18H17N3/c1-2-6-14-10-15(9-13(14)5-1)19-11-16-12-20-17-7-3-4-8-18(17)21-16/h1-8,12,15,19H,9-11H2. The van der Waals surface area contributed by atoms with Crippen molar-refractivity contribution >= 4 is 11.0 Å². The van der Waals surface area contributed by atoms with Gasteiger partial charge in [-0.15, -0.1) is 0 Å². The first-order chi connectivity index (χ1) is 10.4. The maximum atomic E-state index is 4.66. The van der Waals surface area contributed by atoms with Crippen molar-refractivity contribution < 1.29 is 0 Å². The number of fused-ring (bicyclic) bond motifs is 2. The van der Waals surface area contributed by atoms with Crippen LogP contribution in [-0.2, 0) is 19.4 Å². The van der Waals surface area contributed by atoms with E-state index in [4.69, 9.17) is 0 Å².